The van der Waals surface area contributed by atoms with Gasteiger partial charge in [0.25, 0.3) is 5.91 Å². The first-order chi connectivity index (χ1) is 17.6. The second kappa shape index (κ2) is 10.9. The minimum absolute atomic E-state index is 0.0376. The molecule has 196 valence electrons. The van der Waals surface area contributed by atoms with E-state index < -0.39 is 28.0 Å². The number of benzene rings is 2. The summed E-state index contributed by atoms with van der Waals surface area (Å²) in [6.45, 7) is 3.30. The fourth-order valence-corrected chi connectivity index (χ4v) is 6.09. The number of carbonyl (C=O) groups excluding carboxylic acids is 1. The summed E-state index contributed by atoms with van der Waals surface area (Å²) in [4.78, 5) is 22.4. The van der Waals surface area contributed by atoms with Crippen molar-refractivity contribution in [2.45, 2.75) is 30.9 Å². The molecule has 1 N–H and O–H groups in total. The summed E-state index contributed by atoms with van der Waals surface area (Å²) in [5.41, 5.74) is 1.54. The van der Waals surface area contributed by atoms with Crippen LogP contribution in [0.2, 0.25) is 0 Å². The zero-order chi connectivity index (χ0) is 26.7. The van der Waals surface area contributed by atoms with Gasteiger partial charge in [0.05, 0.1) is 13.2 Å². The number of halogens is 1. The Balaban J connectivity index is 1.74. The van der Waals surface area contributed by atoms with Crippen LogP contribution in [0.15, 0.2) is 66.1 Å². The van der Waals surface area contributed by atoms with Crippen LogP contribution in [-0.2, 0) is 10.0 Å². The lowest BCUT2D eigenvalue weighted by Gasteiger charge is -2.37. The zero-order valence-electron chi connectivity index (χ0n) is 20.8. The van der Waals surface area contributed by atoms with Gasteiger partial charge in [0.1, 0.15) is 28.9 Å². The Labute approximate surface area is 215 Å². The van der Waals surface area contributed by atoms with Crippen molar-refractivity contribution in [1.82, 2.24) is 19.2 Å². The molecule has 37 heavy (non-hydrogen) atoms. The van der Waals surface area contributed by atoms with Crippen molar-refractivity contribution in [3.05, 3.63) is 72.6 Å². The van der Waals surface area contributed by atoms with E-state index >= 15 is 0 Å². The van der Waals surface area contributed by atoms with E-state index in [2.05, 4.69) is 9.97 Å². The predicted molar refractivity (Wildman–Crippen MR) is 135 cm³/mol. The van der Waals surface area contributed by atoms with Crippen LogP contribution in [0.4, 0.5) is 4.39 Å². The summed E-state index contributed by atoms with van der Waals surface area (Å²) in [5, 5.41) is 9.81. The lowest BCUT2D eigenvalue weighted by atomic mass is 10.0. The van der Waals surface area contributed by atoms with Gasteiger partial charge in [-0.05, 0) is 42.8 Å². The van der Waals surface area contributed by atoms with E-state index in [0.717, 1.165) is 0 Å². The number of rotatable bonds is 6. The van der Waals surface area contributed by atoms with Crippen LogP contribution < -0.4 is 4.74 Å². The monoisotopic (exact) mass is 528 g/mol. The number of carbonyl (C=O) groups is 1. The summed E-state index contributed by atoms with van der Waals surface area (Å²) < 4.78 is 48.5. The summed E-state index contributed by atoms with van der Waals surface area (Å²) >= 11 is 0. The topological polar surface area (TPSA) is 113 Å². The first-order valence-electron chi connectivity index (χ1n) is 11.8. The molecular weight excluding hydrogens is 499 g/mol. The molecule has 3 aromatic rings. The van der Waals surface area contributed by atoms with Gasteiger partial charge in [-0.2, -0.15) is 4.31 Å². The van der Waals surface area contributed by atoms with Crippen LogP contribution in [0, 0.1) is 11.7 Å². The highest BCUT2D eigenvalue weighted by Gasteiger charge is 2.38. The largest absolute Gasteiger partial charge is 0.487 e. The van der Waals surface area contributed by atoms with Crippen molar-refractivity contribution >= 4 is 15.9 Å². The smallest absolute Gasteiger partial charge is 0.253 e. The van der Waals surface area contributed by atoms with Crippen LogP contribution >= 0.6 is 0 Å². The molecular formula is C26H29FN4O5S. The number of aliphatic hydroxyl groups excluding tert-OH is 1. The number of sulfonamides is 1. The maximum atomic E-state index is 13.7. The molecule has 2 aromatic carbocycles. The number of amides is 1. The second-order valence-corrected chi connectivity index (χ2v) is 11.1. The van der Waals surface area contributed by atoms with Crippen LogP contribution in [0.25, 0.3) is 11.1 Å². The van der Waals surface area contributed by atoms with Crippen LogP contribution in [0.1, 0.15) is 24.2 Å². The maximum absolute atomic E-state index is 13.7. The molecule has 0 saturated carbocycles. The third-order valence-electron chi connectivity index (χ3n) is 6.43. The van der Waals surface area contributed by atoms with Crippen LogP contribution in [-0.4, -0.2) is 77.5 Å². The lowest BCUT2D eigenvalue weighted by molar-refractivity contribution is 0.0563. The highest BCUT2D eigenvalue weighted by Crippen LogP contribution is 2.36. The number of aromatic nitrogens is 2. The summed E-state index contributed by atoms with van der Waals surface area (Å²) in [6, 6.07) is 9.50. The molecule has 11 heteroatoms. The minimum Gasteiger partial charge on any atom is -0.487 e. The van der Waals surface area contributed by atoms with Gasteiger partial charge in [-0.25, -0.2) is 22.8 Å². The Morgan fingerprint density at radius 3 is 2.62 bits per heavy atom. The van der Waals surface area contributed by atoms with Gasteiger partial charge in [-0.15, -0.1) is 0 Å². The molecule has 0 aliphatic carbocycles. The minimum atomic E-state index is -4.01. The molecule has 2 heterocycles. The molecule has 0 radical (unpaired) electrons. The Morgan fingerprint density at radius 2 is 1.95 bits per heavy atom. The average molecular weight is 529 g/mol. The van der Waals surface area contributed by atoms with E-state index in [-0.39, 0.29) is 47.7 Å². The van der Waals surface area contributed by atoms with E-state index in [1.54, 1.807) is 38.5 Å². The molecule has 0 fully saturated rings. The van der Waals surface area contributed by atoms with Crippen molar-refractivity contribution in [3.63, 3.8) is 0 Å². The molecule has 1 aromatic heterocycles. The molecule has 0 unspecified atom stereocenters. The first-order valence-corrected chi connectivity index (χ1v) is 13.3. The standard InChI is InChI=1S/C26H29FN4O5S/c1-17-13-31(18(2)15-32)37(34,35)25-8-7-19(21-11-28-16-29-12-21)10-23(25)36-24(17)14-30(3)26(33)20-5-4-6-22(27)9-20/h4-12,16-18,24,32H,13-15H2,1-3H3/t17-,18-,24-/m1/s1. The highest BCUT2D eigenvalue weighted by molar-refractivity contribution is 7.89. The lowest BCUT2D eigenvalue weighted by Crippen LogP contribution is -2.50. The van der Waals surface area contributed by atoms with Gasteiger partial charge in [-0.3, -0.25) is 4.79 Å². The molecule has 0 saturated heterocycles. The quantitative estimate of drug-likeness (QED) is 0.524. The maximum Gasteiger partial charge on any atom is 0.253 e. The number of aliphatic hydroxyl groups is 1. The third kappa shape index (κ3) is 5.63. The summed E-state index contributed by atoms with van der Waals surface area (Å²) in [7, 11) is -2.42. The third-order valence-corrected chi connectivity index (χ3v) is 8.45. The Bertz CT molecular complexity index is 1370. The fraction of sp³-hybridized carbons (Fsp3) is 0.346. The van der Waals surface area contributed by atoms with E-state index in [0.29, 0.717) is 11.1 Å². The molecule has 1 amide bonds. The normalized spacial score (nSPS) is 20.1. The Kier molecular flexibility index (Phi) is 7.86. The van der Waals surface area contributed by atoms with E-state index in [1.807, 2.05) is 6.92 Å². The molecule has 9 nitrogen and oxygen atoms in total. The van der Waals surface area contributed by atoms with Gasteiger partial charge >= 0.3 is 0 Å². The van der Waals surface area contributed by atoms with Crippen molar-refractivity contribution in [1.29, 1.82) is 0 Å². The van der Waals surface area contributed by atoms with E-state index in [9.17, 15) is 22.7 Å². The number of ether oxygens (including phenoxy) is 1. The van der Waals surface area contributed by atoms with Crippen molar-refractivity contribution in [3.8, 4) is 16.9 Å². The van der Waals surface area contributed by atoms with Crippen molar-refractivity contribution in [2.24, 2.45) is 5.92 Å². The van der Waals surface area contributed by atoms with Gasteiger partial charge < -0.3 is 14.7 Å². The van der Waals surface area contributed by atoms with Gasteiger partial charge in [0.15, 0.2) is 0 Å². The van der Waals surface area contributed by atoms with E-state index in [4.69, 9.17) is 4.74 Å². The van der Waals surface area contributed by atoms with Crippen molar-refractivity contribution < 1.29 is 27.4 Å². The van der Waals surface area contributed by atoms with Crippen LogP contribution in [0.3, 0.4) is 0 Å². The van der Waals surface area contributed by atoms with E-state index in [1.165, 1.54) is 45.9 Å². The molecule has 1 aliphatic rings. The number of hydrogen-bond donors (Lipinski definition) is 1. The molecule has 3 atom stereocenters. The molecule has 1 aliphatic heterocycles. The van der Waals surface area contributed by atoms with Gasteiger partial charge in [-0.1, -0.05) is 19.1 Å². The second-order valence-electron chi connectivity index (χ2n) is 9.22. The molecule has 0 bridgehead atoms. The van der Waals surface area contributed by atoms with Crippen molar-refractivity contribution in [2.75, 3.05) is 26.7 Å². The average Bonchev–Trinajstić information content (AvgIpc) is 2.90. The van der Waals surface area contributed by atoms with Gasteiger partial charge in [0.2, 0.25) is 10.0 Å². The number of hydrogen-bond acceptors (Lipinski definition) is 7. The molecule has 0 spiro atoms. The predicted octanol–water partition coefficient (Wildman–Crippen LogP) is 2.82. The van der Waals surface area contributed by atoms with Crippen LogP contribution in [0.5, 0.6) is 5.75 Å². The summed E-state index contributed by atoms with van der Waals surface area (Å²) in [5.74, 6) is -1.14. The summed E-state index contributed by atoms with van der Waals surface area (Å²) in [6.07, 6.45) is 4.01. The highest BCUT2D eigenvalue weighted by atomic mass is 32.2. The fourth-order valence-electron chi connectivity index (χ4n) is 4.27. The zero-order valence-corrected chi connectivity index (χ0v) is 21.6. The number of likely N-dealkylation sites (N-methyl/N-ethyl adjacent to an activating group) is 1. The van der Waals surface area contributed by atoms with Gasteiger partial charge in [0, 0.05) is 49.1 Å². The number of nitrogens with zero attached hydrogens (tertiary/aromatic N) is 4. The SMILES string of the molecule is C[C@@H]1CN([C@H](C)CO)S(=O)(=O)c2ccc(-c3cncnc3)cc2O[C@@H]1CN(C)C(=O)c1cccc(F)c1. The first kappa shape index (κ1) is 26.6. The Hall–Kier alpha value is -3.41. The number of fused-ring (bicyclic) bond motifs is 1. The Morgan fingerprint density at radius 1 is 1.22 bits per heavy atom. The molecule has 4 rings (SSSR count).